The first kappa shape index (κ1) is 14.8. The SMILES string of the molecule is CCn1nc(C)cc1C(=O)Nc1cnn(CC(=O)OC)c1. The van der Waals surface area contributed by atoms with Gasteiger partial charge in [-0.2, -0.15) is 10.2 Å². The van der Waals surface area contributed by atoms with E-state index in [4.69, 9.17) is 0 Å². The lowest BCUT2D eigenvalue weighted by Gasteiger charge is -2.04. The molecule has 0 saturated carbocycles. The number of aryl methyl sites for hydroxylation is 2. The number of nitrogens with one attached hydrogen (secondary N) is 1. The molecule has 1 N–H and O–H groups in total. The lowest BCUT2D eigenvalue weighted by Crippen LogP contribution is -2.17. The Morgan fingerprint density at radius 1 is 1.43 bits per heavy atom. The summed E-state index contributed by atoms with van der Waals surface area (Å²) >= 11 is 0. The molecule has 0 atom stereocenters. The average Bonchev–Trinajstić information content (AvgIpc) is 3.05. The van der Waals surface area contributed by atoms with Crippen molar-refractivity contribution in [1.82, 2.24) is 19.6 Å². The molecule has 0 saturated heterocycles. The van der Waals surface area contributed by atoms with E-state index in [0.29, 0.717) is 17.9 Å². The lowest BCUT2D eigenvalue weighted by molar-refractivity contribution is -0.141. The van der Waals surface area contributed by atoms with Gasteiger partial charge in [-0.15, -0.1) is 0 Å². The van der Waals surface area contributed by atoms with Gasteiger partial charge in [-0.25, -0.2) is 0 Å². The summed E-state index contributed by atoms with van der Waals surface area (Å²) in [6, 6.07) is 1.72. The van der Waals surface area contributed by atoms with Gasteiger partial charge in [0.15, 0.2) is 0 Å². The molecule has 8 nitrogen and oxygen atoms in total. The maximum absolute atomic E-state index is 12.2. The second-order valence-electron chi connectivity index (χ2n) is 4.44. The van der Waals surface area contributed by atoms with Gasteiger partial charge in [0.05, 0.1) is 24.7 Å². The highest BCUT2D eigenvalue weighted by Crippen LogP contribution is 2.10. The Morgan fingerprint density at radius 3 is 2.86 bits per heavy atom. The van der Waals surface area contributed by atoms with Crippen molar-refractivity contribution in [2.24, 2.45) is 0 Å². The van der Waals surface area contributed by atoms with Crippen LogP contribution in [0.5, 0.6) is 0 Å². The van der Waals surface area contributed by atoms with Crippen molar-refractivity contribution in [3.8, 4) is 0 Å². The summed E-state index contributed by atoms with van der Waals surface area (Å²) in [5, 5.41) is 10.9. The zero-order valence-corrected chi connectivity index (χ0v) is 12.2. The summed E-state index contributed by atoms with van der Waals surface area (Å²) < 4.78 is 7.57. The lowest BCUT2D eigenvalue weighted by atomic mass is 10.3. The van der Waals surface area contributed by atoms with E-state index in [0.717, 1.165) is 5.69 Å². The Balaban J connectivity index is 2.07. The molecule has 0 radical (unpaired) electrons. The van der Waals surface area contributed by atoms with Gasteiger partial charge in [0.25, 0.3) is 5.91 Å². The predicted octanol–water partition coefficient (Wildman–Crippen LogP) is 0.833. The fraction of sp³-hybridized carbons (Fsp3) is 0.385. The molecular weight excluding hydrogens is 274 g/mol. The number of ether oxygens (including phenoxy) is 1. The van der Waals surface area contributed by atoms with Gasteiger partial charge in [0.1, 0.15) is 12.2 Å². The van der Waals surface area contributed by atoms with Gasteiger partial charge in [-0.1, -0.05) is 0 Å². The minimum atomic E-state index is -0.407. The molecule has 0 aliphatic heterocycles. The number of esters is 1. The highest BCUT2D eigenvalue weighted by molar-refractivity contribution is 6.03. The first-order chi connectivity index (χ1) is 10.0. The monoisotopic (exact) mass is 291 g/mol. The van der Waals surface area contributed by atoms with Crippen molar-refractivity contribution in [3.63, 3.8) is 0 Å². The Morgan fingerprint density at radius 2 is 2.19 bits per heavy atom. The van der Waals surface area contributed by atoms with Crippen LogP contribution in [-0.2, 0) is 22.6 Å². The van der Waals surface area contributed by atoms with Gasteiger partial charge in [-0.05, 0) is 19.9 Å². The van der Waals surface area contributed by atoms with Crippen LogP contribution in [-0.4, -0.2) is 38.5 Å². The number of methoxy groups -OCH3 is 1. The van der Waals surface area contributed by atoms with Crippen LogP contribution in [0.3, 0.4) is 0 Å². The molecule has 21 heavy (non-hydrogen) atoms. The summed E-state index contributed by atoms with van der Waals surface area (Å²) in [7, 11) is 1.31. The Bertz CT molecular complexity index is 659. The van der Waals surface area contributed by atoms with Gasteiger partial charge in [0.2, 0.25) is 0 Å². The normalized spacial score (nSPS) is 10.4. The quantitative estimate of drug-likeness (QED) is 0.824. The van der Waals surface area contributed by atoms with Crippen LogP contribution in [0.4, 0.5) is 5.69 Å². The van der Waals surface area contributed by atoms with Crippen molar-refractivity contribution in [2.45, 2.75) is 26.9 Å². The number of carbonyl (C=O) groups is 2. The number of hydrogen-bond donors (Lipinski definition) is 1. The number of rotatable bonds is 5. The third-order valence-electron chi connectivity index (χ3n) is 2.84. The summed E-state index contributed by atoms with van der Waals surface area (Å²) in [6.45, 7) is 4.35. The maximum Gasteiger partial charge on any atom is 0.327 e. The van der Waals surface area contributed by atoms with Crippen molar-refractivity contribution in [3.05, 3.63) is 29.8 Å². The zero-order valence-electron chi connectivity index (χ0n) is 12.2. The zero-order chi connectivity index (χ0) is 15.4. The Kier molecular flexibility index (Phi) is 4.36. The topological polar surface area (TPSA) is 91.0 Å². The van der Waals surface area contributed by atoms with Gasteiger partial charge >= 0.3 is 5.97 Å². The van der Waals surface area contributed by atoms with E-state index in [1.165, 1.54) is 18.0 Å². The third kappa shape index (κ3) is 3.47. The standard InChI is InChI=1S/C13H17N5O3/c1-4-18-11(5-9(2)16-18)13(20)15-10-6-14-17(7-10)8-12(19)21-3/h5-7H,4,8H2,1-3H3,(H,15,20). The van der Waals surface area contributed by atoms with Crippen LogP contribution in [0.25, 0.3) is 0 Å². The number of anilines is 1. The molecule has 0 aromatic carbocycles. The molecule has 2 heterocycles. The van der Waals surface area contributed by atoms with Crippen molar-refractivity contribution in [2.75, 3.05) is 12.4 Å². The predicted molar refractivity (Wildman–Crippen MR) is 74.8 cm³/mol. The molecule has 0 aliphatic rings. The summed E-state index contributed by atoms with van der Waals surface area (Å²) in [5.41, 5.74) is 1.77. The molecule has 2 rings (SSSR count). The third-order valence-corrected chi connectivity index (χ3v) is 2.84. The van der Waals surface area contributed by atoms with Crippen LogP contribution in [0.1, 0.15) is 23.1 Å². The molecule has 8 heteroatoms. The average molecular weight is 291 g/mol. The van der Waals surface area contributed by atoms with E-state index in [9.17, 15) is 9.59 Å². The van der Waals surface area contributed by atoms with Crippen molar-refractivity contribution >= 4 is 17.6 Å². The van der Waals surface area contributed by atoms with E-state index < -0.39 is 5.97 Å². The van der Waals surface area contributed by atoms with Crippen LogP contribution in [0.2, 0.25) is 0 Å². The number of nitrogens with zero attached hydrogens (tertiary/aromatic N) is 4. The molecule has 0 unspecified atom stereocenters. The molecule has 1 amide bonds. The summed E-state index contributed by atoms with van der Waals surface area (Å²) in [6.07, 6.45) is 3.04. The van der Waals surface area contributed by atoms with Crippen LogP contribution >= 0.6 is 0 Å². The minimum absolute atomic E-state index is 0.00162. The van der Waals surface area contributed by atoms with Crippen molar-refractivity contribution < 1.29 is 14.3 Å². The summed E-state index contributed by atoms with van der Waals surface area (Å²) in [5.74, 6) is -0.675. The van der Waals surface area contributed by atoms with Crippen LogP contribution in [0, 0.1) is 6.92 Å². The number of amides is 1. The van der Waals surface area contributed by atoms with Gasteiger partial charge in [0, 0.05) is 12.7 Å². The smallest absolute Gasteiger partial charge is 0.327 e. The first-order valence-corrected chi connectivity index (χ1v) is 6.48. The van der Waals surface area contributed by atoms with Crippen molar-refractivity contribution in [1.29, 1.82) is 0 Å². The Hall–Kier alpha value is -2.64. The minimum Gasteiger partial charge on any atom is -0.468 e. The van der Waals surface area contributed by atoms with E-state index in [-0.39, 0.29) is 12.5 Å². The first-order valence-electron chi connectivity index (χ1n) is 6.48. The molecule has 2 aromatic heterocycles. The molecule has 0 spiro atoms. The van der Waals surface area contributed by atoms with Crippen LogP contribution < -0.4 is 5.32 Å². The summed E-state index contributed by atoms with van der Waals surface area (Å²) in [4.78, 5) is 23.3. The largest absolute Gasteiger partial charge is 0.468 e. The van der Waals surface area contributed by atoms with Gasteiger partial charge in [-0.3, -0.25) is 19.0 Å². The highest BCUT2D eigenvalue weighted by atomic mass is 16.5. The highest BCUT2D eigenvalue weighted by Gasteiger charge is 2.14. The second kappa shape index (κ2) is 6.21. The fourth-order valence-corrected chi connectivity index (χ4v) is 1.88. The fourth-order valence-electron chi connectivity index (χ4n) is 1.88. The maximum atomic E-state index is 12.2. The number of hydrogen-bond acceptors (Lipinski definition) is 5. The number of carbonyl (C=O) groups excluding carboxylic acids is 2. The molecular formula is C13H17N5O3. The Labute approximate surface area is 121 Å². The second-order valence-corrected chi connectivity index (χ2v) is 4.44. The van der Waals surface area contributed by atoms with E-state index in [2.05, 4.69) is 20.3 Å². The molecule has 0 bridgehead atoms. The molecule has 0 fully saturated rings. The molecule has 0 aliphatic carbocycles. The van der Waals surface area contributed by atoms with E-state index in [1.807, 2.05) is 13.8 Å². The van der Waals surface area contributed by atoms with Gasteiger partial charge < -0.3 is 10.1 Å². The number of aromatic nitrogens is 4. The van der Waals surface area contributed by atoms with Crippen LogP contribution in [0.15, 0.2) is 18.5 Å². The molecule has 2 aromatic rings. The van der Waals surface area contributed by atoms with E-state index in [1.54, 1.807) is 16.9 Å². The molecule has 112 valence electrons. The van der Waals surface area contributed by atoms with E-state index >= 15 is 0 Å².